The van der Waals surface area contributed by atoms with Gasteiger partial charge in [0.2, 0.25) is 0 Å². The molecule has 0 bridgehead atoms. The summed E-state index contributed by atoms with van der Waals surface area (Å²) in [7, 11) is 0. The minimum absolute atomic E-state index is 0.0633. The summed E-state index contributed by atoms with van der Waals surface area (Å²) in [5.74, 6) is 0.0633. The van der Waals surface area contributed by atoms with Gasteiger partial charge in [-0.3, -0.25) is 4.79 Å². The lowest BCUT2D eigenvalue weighted by Gasteiger charge is -2.01. The molecule has 0 aliphatic heterocycles. The van der Waals surface area contributed by atoms with Crippen LogP contribution in [0.1, 0.15) is 23.7 Å². The molecule has 12 heavy (non-hydrogen) atoms. The maximum Gasteiger partial charge on any atom is 0.164 e. The Morgan fingerprint density at radius 1 is 1.58 bits per heavy atom. The standard InChI is InChI=1S/C9H9ClOS/c1-2-9(11)7-4-3-6(12)5-8(7)10/h3-5,12H,2H2,1H3. The van der Waals surface area contributed by atoms with Crippen molar-refractivity contribution in [2.75, 3.05) is 0 Å². The Balaban J connectivity index is 3.09. The molecule has 1 aromatic carbocycles. The fourth-order valence-corrected chi connectivity index (χ4v) is 1.49. The lowest BCUT2D eigenvalue weighted by Crippen LogP contribution is -1.96. The minimum atomic E-state index is 0.0633. The van der Waals surface area contributed by atoms with Crippen molar-refractivity contribution in [1.29, 1.82) is 0 Å². The lowest BCUT2D eigenvalue weighted by atomic mass is 10.1. The average Bonchev–Trinajstić information content (AvgIpc) is 2.03. The third-order valence-corrected chi connectivity index (χ3v) is 2.17. The SMILES string of the molecule is CCC(=O)c1ccc(S)cc1Cl. The lowest BCUT2D eigenvalue weighted by molar-refractivity contribution is 0.0988. The molecule has 0 saturated carbocycles. The second-order valence-corrected chi connectivity index (χ2v) is 3.36. The van der Waals surface area contributed by atoms with Crippen molar-refractivity contribution < 1.29 is 4.79 Å². The van der Waals surface area contributed by atoms with Crippen molar-refractivity contribution in [1.82, 2.24) is 0 Å². The van der Waals surface area contributed by atoms with Crippen LogP contribution in [-0.2, 0) is 0 Å². The third-order valence-electron chi connectivity index (χ3n) is 1.57. The highest BCUT2D eigenvalue weighted by molar-refractivity contribution is 7.80. The van der Waals surface area contributed by atoms with E-state index in [1.807, 2.05) is 6.92 Å². The van der Waals surface area contributed by atoms with E-state index in [2.05, 4.69) is 12.6 Å². The Labute approximate surface area is 82.1 Å². The first kappa shape index (κ1) is 9.62. The quantitative estimate of drug-likeness (QED) is 0.573. The molecule has 0 saturated heterocycles. The fourth-order valence-electron chi connectivity index (χ4n) is 0.921. The van der Waals surface area contributed by atoms with Crippen LogP contribution in [0.2, 0.25) is 5.02 Å². The van der Waals surface area contributed by atoms with Crippen LogP contribution in [0, 0.1) is 0 Å². The summed E-state index contributed by atoms with van der Waals surface area (Å²) in [6.45, 7) is 1.81. The highest BCUT2D eigenvalue weighted by atomic mass is 35.5. The highest BCUT2D eigenvalue weighted by Gasteiger charge is 2.07. The maximum atomic E-state index is 11.2. The molecule has 64 valence electrons. The van der Waals surface area contributed by atoms with Crippen molar-refractivity contribution in [2.24, 2.45) is 0 Å². The summed E-state index contributed by atoms with van der Waals surface area (Å²) in [6.07, 6.45) is 0.478. The molecule has 0 heterocycles. The molecular formula is C9H9ClOS. The van der Waals surface area contributed by atoms with Crippen LogP contribution in [0.4, 0.5) is 0 Å². The predicted molar refractivity (Wildman–Crippen MR) is 53.3 cm³/mol. The smallest absolute Gasteiger partial charge is 0.164 e. The zero-order chi connectivity index (χ0) is 9.14. The molecule has 0 spiro atoms. The first-order valence-electron chi connectivity index (χ1n) is 3.67. The molecule has 1 rings (SSSR count). The molecule has 0 aliphatic rings. The molecule has 3 heteroatoms. The van der Waals surface area contributed by atoms with Gasteiger partial charge in [0.1, 0.15) is 0 Å². The van der Waals surface area contributed by atoms with Crippen LogP contribution >= 0.6 is 24.2 Å². The van der Waals surface area contributed by atoms with Crippen LogP contribution in [0.5, 0.6) is 0 Å². The van der Waals surface area contributed by atoms with E-state index >= 15 is 0 Å². The van der Waals surface area contributed by atoms with Crippen molar-refractivity contribution in [3.8, 4) is 0 Å². The summed E-state index contributed by atoms with van der Waals surface area (Å²) in [4.78, 5) is 12.0. The third kappa shape index (κ3) is 2.02. The number of hydrogen-bond donors (Lipinski definition) is 1. The predicted octanol–water partition coefficient (Wildman–Crippen LogP) is 3.22. The Kier molecular flexibility index (Phi) is 3.18. The van der Waals surface area contributed by atoms with Crippen molar-refractivity contribution in [3.63, 3.8) is 0 Å². The molecule has 0 fully saturated rings. The first-order valence-corrected chi connectivity index (χ1v) is 4.49. The first-order chi connectivity index (χ1) is 5.65. The van der Waals surface area contributed by atoms with Crippen LogP contribution in [0.3, 0.4) is 0 Å². The number of rotatable bonds is 2. The molecule has 1 nitrogen and oxygen atoms in total. The van der Waals surface area contributed by atoms with Gasteiger partial charge in [0.05, 0.1) is 5.02 Å². The van der Waals surface area contributed by atoms with Crippen molar-refractivity contribution in [3.05, 3.63) is 28.8 Å². The van der Waals surface area contributed by atoms with Gasteiger partial charge in [-0.1, -0.05) is 18.5 Å². The summed E-state index contributed by atoms with van der Waals surface area (Å²) >= 11 is 9.94. The fraction of sp³-hybridized carbons (Fsp3) is 0.222. The van der Waals surface area contributed by atoms with E-state index in [9.17, 15) is 4.79 Å². The number of carbonyl (C=O) groups excluding carboxylic acids is 1. The van der Waals surface area contributed by atoms with E-state index in [-0.39, 0.29) is 5.78 Å². The molecule has 0 radical (unpaired) electrons. The average molecular weight is 201 g/mol. The monoisotopic (exact) mass is 200 g/mol. The van der Waals surface area contributed by atoms with Crippen LogP contribution in [0.15, 0.2) is 23.1 Å². The minimum Gasteiger partial charge on any atom is -0.294 e. The van der Waals surface area contributed by atoms with Gasteiger partial charge >= 0.3 is 0 Å². The van der Waals surface area contributed by atoms with Gasteiger partial charge in [-0.25, -0.2) is 0 Å². The Bertz CT molecular complexity index is 309. The molecule has 0 amide bonds. The molecule has 0 aliphatic carbocycles. The van der Waals surface area contributed by atoms with Gasteiger partial charge in [0, 0.05) is 16.9 Å². The van der Waals surface area contributed by atoms with Crippen LogP contribution in [-0.4, -0.2) is 5.78 Å². The molecular weight excluding hydrogens is 192 g/mol. The van der Waals surface area contributed by atoms with Gasteiger partial charge in [-0.2, -0.15) is 0 Å². The number of hydrogen-bond acceptors (Lipinski definition) is 2. The van der Waals surface area contributed by atoms with Gasteiger partial charge in [-0.05, 0) is 18.2 Å². The van der Waals surface area contributed by atoms with E-state index < -0.39 is 0 Å². The van der Waals surface area contributed by atoms with E-state index in [0.29, 0.717) is 17.0 Å². The van der Waals surface area contributed by atoms with Gasteiger partial charge in [-0.15, -0.1) is 12.6 Å². The number of ketones is 1. The summed E-state index contributed by atoms with van der Waals surface area (Å²) in [5.41, 5.74) is 0.581. The largest absolute Gasteiger partial charge is 0.294 e. The number of carbonyl (C=O) groups is 1. The Hall–Kier alpha value is -0.470. The van der Waals surface area contributed by atoms with E-state index in [0.717, 1.165) is 4.90 Å². The highest BCUT2D eigenvalue weighted by Crippen LogP contribution is 2.20. The Morgan fingerprint density at radius 3 is 2.75 bits per heavy atom. The Morgan fingerprint density at radius 2 is 2.25 bits per heavy atom. The van der Waals surface area contributed by atoms with Gasteiger partial charge in [0.25, 0.3) is 0 Å². The summed E-state index contributed by atoms with van der Waals surface area (Å²) in [5, 5.41) is 0.481. The second kappa shape index (κ2) is 3.97. The van der Waals surface area contributed by atoms with Crippen LogP contribution in [0.25, 0.3) is 0 Å². The molecule has 1 aromatic rings. The zero-order valence-corrected chi connectivity index (χ0v) is 8.32. The van der Waals surface area contributed by atoms with E-state index in [4.69, 9.17) is 11.6 Å². The molecule has 0 N–H and O–H groups in total. The van der Waals surface area contributed by atoms with Crippen LogP contribution < -0.4 is 0 Å². The molecule has 0 aromatic heterocycles. The maximum absolute atomic E-state index is 11.2. The number of thiol groups is 1. The number of benzene rings is 1. The van der Waals surface area contributed by atoms with E-state index in [1.165, 1.54) is 0 Å². The van der Waals surface area contributed by atoms with Gasteiger partial charge in [0.15, 0.2) is 5.78 Å². The topological polar surface area (TPSA) is 17.1 Å². The molecule has 0 unspecified atom stereocenters. The zero-order valence-electron chi connectivity index (χ0n) is 6.67. The van der Waals surface area contributed by atoms with E-state index in [1.54, 1.807) is 18.2 Å². The van der Waals surface area contributed by atoms with Gasteiger partial charge < -0.3 is 0 Å². The summed E-state index contributed by atoms with van der Waals surface area (Å²) in [6, 6.07) is 5.14. The van der Waals surface area contributed by atoms with Crippen molar-refractivity contribution in [2.45, 2.75) is 18.2 Å². The molecule has 0 atom stereocenters. The summed E-state index contributed by atoms with van der Waals surface area (Å²) < 4.78 is 0. The number of halogens is 1. The second-order valence-electron chi connectivity index (χ2n) is 2.44. The van der Waals surface area contributed by atoms with Crippen molar-refractivity contribution >= 4 is 30.0 Å². The number of Topliss-reactive ketones (excluding diaryl/α,β-unsaturated/α-hetero) is 1. The normalized spacial score (nSPS) is 9.92.